The summed E-state index contributed by atoms with van der Waals surface area (Å²) in [5.41, 5.74) is 6.52. The first-order valence-electron chi connectivity index (χ1n) is 3.91. The first-order valence-corrected chi connectivity index (χ1v) is 5.08. The number of rotatable bonds is 3. The Morgan fingerprint density at radius 2 is 2.14 bits per heavy atom. The van der Waals surface area contributed by atoms with Gasteiger partial charge in [-0.05, 0) is 30.2 Å². The van der Waals surface area contributed by atoms with E-state index in [1.165, 1.54) is 0 Å². The van der Waals surface area contributed by atoms with Crippen LogP contribution in [0.5, 0.6) is 0 Å². The number of nitrogens with two attached hydrogens (primary N) is 1. The van der Waals surface area contributed by atoms with Gasteiger partial charge >= 0.3 is 0 Å². The standard InChI is InChI=1S/C9H10BrClFN.ClH/c10-6-1-2-8(11)7(5-6)9(13)3-4-12;/h1-2,5,9H,3-4,13H2;1H/t9-;/m0./s1. The Kier molecular flexibility index (Phi) is 6.70. The smallest absolute Gasteiger partial charge is 0.0912 e. The molecule has 0 saturated heterocycles. The van der Waals surface area contributed by atoms with Gasteiger partial charge in [0.05, 0.1) is 6.67 Å². The molecule has 0 aliphatic rings. The number of alkyl halides is 1. The highest BCUT2D eigenvalue weighted by Gasteiger charge is 2.09. The summed E-state index contributed by atoms with van der Waals surface area (Å²) in [7, 11) is 0. The van der Waals surface area contributed by atoms with Crippen LogP contribution in [0.15, 0.2) is 22.7 Å². The van der Waals surface area contributed by atoms with Gasteiger partial charge in [0.25, 0.3) is 0 Å². The average Bonchev–Trinajstić information content (AvgIpc) is 2.09. The Morgan fingerprint density at radius 1 is 1.50 bits per heavy atom. The SMILES string of the molecule is Cl.N[C@@H](CCF)c1cc(Br)ccc1Cl. The summed E-state index contributed by atoms with van der Waals surface area (Å²) in [6.45, 7) is -0.427. The second kappa shape index (κ2) is 6.62. The molecule has 1 aromatic carbocycles. The predicted molar refractivity (Wildman–Crippen MR) is 63.9 cm³/mol. The van der Waals surface area contributed by atoms with Gasteiger partial charge in [0.1, 0.15) is 0 Å². The Balaban J connectivity index is 0.00000169. The van der Waals surface area contributed by atoms with Crippen molar-refractivity contribution in [3.8, 4) is 0 Å². The number of hydrogen-bond donors (Lipinski definition) is 1. The second-order valence-electron chi connectivity index (χ2n) is 2.75. The lowest BCUT2D eigenvalue weighted by atomic mass is 10.1. The van der Waals surface area contributed by atoms with Crippen LogP contribution in [0, 0.1) is 0 Å². The topological polar surface area (TPSA) is 26.0 Å². The van der Waals surface area contributed by atoms with E-state index in [0.717, 1.165) is 10.0 Å². The third kappa shape index (κ3) is 3.73. The Morgan fingerprint density at radius 3 is 2.71 bits per heavy atom. The minimum Gasteiger partial charge on any atom is -0.324 e. The van der Waals surface area contributed by atoms with E-state index in [-0.39, 0.29) is 18.4 Å². The molecule has 0 radical (unpaired) electrons. The Labute approximate surface area is 102 Å². The summed E-state index contributed by atoms with van der Waals surface area (Å²) < 4.78 is 12.9. The monoisotopic (exact) mass is 301 g/mol. The van der Waals surface area contributed by atoms with Gasteiger partial charge in [0.2, 0.25) is 0 Å². The zero-order chi connectivity index (χ0) is 9.84. The summed E-state index contributed by atoms with van der Waals surface area (Å²) in [5, 5.41) is 0.587. The number of hydrogen-bond acceptors (Lipinski definition) is 1. The molecule has 1 atom stereocenters. The van der Waals surface area contributed by atoms with Crippen LogP contribution in [0.3, 0.4) is 0 Å². The maximum Gasteiger partial charge on any atom is 0.0912 e. The molecule has 14 heavy (non-hydrogen) atoms. The first-order chi connectivity index (χ1) is 6.15. The molecule has 0 spiro atoms. The fraction of sp³-hybridized carbons (Fsp3) is 0.333. The summed E-state index contributed by atoms with van der Waals surface area (Å²) >= 11 is 9.21. The lowest BCUT2D eigenvalue weighted by Gasteiger charge is -2.11. The molecule has 0 amide bonds. The summed E-state index contributed by atoms with van der Waals surface area (Å²) in [6.07, 6.45) is 0.302. The van der Waals surface area contributed by atoms with Gasteiger partial charge in [-0.25, -0.2) is 0 Å². The van der Waals surface area contributed by atoms with Crippen LogP contribution < -0.4 is 5.73 Å². The molecule has 0 heterocycles. The van der Waals surface area contributed by atoms with Crippen LogP contribution in [-0.2, 0) is 0 Å². The van der Waals surface area contributed by atoms with E-state index in [0.29, 0.717) is 11.4 Å². The van der Waals surface area contributed by atoms with Gasteiger partial charge in [-0.2, -0.15) is 0 Å². The molecule has 2 N–H and O–H groups in total. The van der Waals surface area contributed by atoms with Crippen LogP contribution in [0.25, 0.3) is 0 Å². The lowest BCUT2D eigenvalue weighted by Crippen LogP contribution is -2.11. The highest BCUT2D eigenvalue weighted by molar-refractivity contribution is 9.10. The fourth-order valence-corrected chi connectivity index (χ4v) is 1.71. The van der Waals surface area contributed by atoms with E-state index in [4.69, 9.17) is 17.3 Å². The highest BCUT2D eigenvalue weighted by atomic mass is 79.9. The summed E-state index contributed by atoms with van der Waals surface area (Å²) in [6, 6.07) is 5.07. The van der Waals surface area contributed by atoms with Gasteiger partial charge in [-0.1, -0.05) is 27.5 Å². The molecular formula is C9H11BrCl2FN. The van der Waals surface area contributed by atoms with Gasteiger partial charge < -0.3 is 5.73 Å². The predicted octanol–water partition coefficient (Wildman–Crippen LogP) is 3.88. The maximum atomic E-state index is 12.0. The molecule has 0 aliphatic carbocycles. The molecule has 5 heteroatoms. The van der Waals surface area contributed by atoms with E-state index in [1.807, 2.05) is 12.1 Å². The van der Waals surface area contributed by atoms with Crippen LogP contribution in [0.2, 0.25) is 5.02 Å². The van der Waals surface area contributed by atoms with Crippen molar-refractivity contribution in [3.05, 3.63) is 33.3 Å². The van der Waals surface area contributed by atoms with Crippen molar-refractivity contribution in [2.45, 2.75) is 12.5 Å². The quantitative estimate of drug-likeness (QED) is 0.901. The zero-order valence-corrected chi connectivity index (χ0v) is 10.5. The molecule has 0 unspecified atom stereocenters. The van der Waals surface area contributed by atoms with Crippen molar-refractivity contribution in [1.29, 1.82) is 0 Å². The molecule has 80 valence electrons. The molecule has 1 rings (SSSR count). The van der Waals surface area contributed by atoms with E-state index in [1.54, 1.807) is 6.07 Å². The van der Waals surface area contributed by atoms with Gasteiger partial charge in [-0.15, -0.1) is 12.4 Å². The normalized spacial score (nSPS) is 12.0. The van der Waals surface area contributed by atoms with E-state index >= 15 is 0 Å². The zero-order valence-electron chi connectivity index (χ0n) is 7.34. The van der Waals surface area contributed by atoms with Gasteiger partial charge in [-0.3, -0.25) is 4.39 Å². The largest absolute Gasteiger partial charge is 0.324 e. The second-order valence-corrected chi connectivity index (χ2v) is 4.07. The first kappa shape index (κ1) is 14.2. The maximum absolute atomic E-state index is 12.0. The van der Waals surface area contributed by atoms with E-state index in [9.17, 15) is 4.39 Å². The van der Waals surface area contributed by atoms with Crippen LogP contribution in [0.4, 0.5) is 4.39 Å². The van der Waals surface area contributed by atoms with Gasteiger partial charge in [0.15, 0.2) is 0 Å². The van der Waals surface area contributed by atoms with Crippen molar-refractivity contribution in [1.82, 2.24) is 0 Å². The van der Waals surface area contributed by atoms with Crippen molar-refractivity contribution >= 4 is 39.9 Å². The minimum absolute atomic E-state index is 0. The Hall–Kier alpha value is 0.170. The van der Waals surface area contributed by atoms with Crippen LogP contribution in [-0.4, -0.2) is 6.67 Å². The molecule has 0 aromatic heterocycles. The Bertz CT molecular complexity index is 296. The highest BCUT2D eigenvalue weighted by Crippen LogP contribution is 2.26. The van der Waals surface area contributed by atoms with Crippen molar-refractivity contribution in [2.75, 3.05) is 6.67 Å². The third-order valence-electron chi connectivity index (χ3n) is 1.78. The molecule has 1 aromatic rings. The molecule has 1 nitrogen and oxygen atoms in total. The summed E-state index contributed by atoms with van der Waals surface area (Å²) in [5.74, 6) is 0. The van der Waals surface area contributed by atoms with Crippen LogP contribution >= 0.6 is 39.9 Å². The van der Waals surface area contributed by atoms with Gasteiger partial charge in [0, 0.05) is 15.5 Å². The van der Waals surface area contributed by atoms with E-state index < -0.39 is 6.67 Å². The lowest BCUT2D eigenvalue weighted by molar-refractivity contribution is 0.442. The van der Waals surface area contributed by atoms with E-state index in [2.05, 4.69) is 15.9 Å². The third-order valence-corrected chi connectivity index (χ3v) is 2.62. The van der Waals surface area contributed by atoms with Crippen molar-refractivity contribution in [2.24, 2.45) is 5.73 Å². The van der Waals surface area contributed by atoms with Crippen LogP contribution in [0.1, 0.15) is 18.0 Å². The average molecular weight is 303 g/mol. The molecule has 0 fully saturated rings. The van der Waals surface area contributed by atoms with Crippen molar-refractivity contribution < 1.29 is 4.39 Å². The number of halogens is 4. The molecule has 0 saturated carbocycles. The molecule has 0 aliphatic heterocycles. The molecular weight excluding hydrogens is 292 g/mol. The van der Waals surface area contributed by atoms with Crippen molar-refractivity contribution in [3.63, 3.8) is 0 Å². The number of benzene rings is 1. The summed E-state index contributed by atoms with van der Waals surface area (Å²) in [4.78, 5) is 0. The minimum atomic E-state index is -0.427. The molecule has 0 bridgehead atoms. The fourth-order valence-electron chi connectivity index (χ4n) is 1.07.